The Labute approximate surface area is 48.1 Å². The molecule has 1 atom stereocenters. The van der Waals surface area contributed by atoms with E-state index >= 15 is 0 Å². The lowest BCUT2D eigenvalue weighted by Crippen LogP contribution is -2.26. The number of aliphatic hydroxyl groups excluding tert-OH is 1. The summed E-state index contributed by atoms with van der Waals surface area (Å²) < 4.78 is 27.5. The van der Waals surface area contributed by atoms with Gasteiger partial charge in [0.15, 0.2) is 0 Å². The average Bonchev–Trinajstić information content (AvgIpc) is 1.67. The fraction of sp³-hybridized carbons (Fsp3) is 1.00. The molecule has 5 heteroatoms. The summed E-state index contributed by atoms with van der Waals surface area (Å²) >= 11 is 0. The molecule has 0 aromatic rings. The molecule has 0 fully saturated rings. The highest BCUT2D eigenvalue weighted by molar-refractivity contribution is 7.09. The number of hydrogen-bond donors (Lipinski definition) is 1. The van der Waals surface area contributed by atoms with E-state index in [1.165, 1.54) is 0 Å². The van der Waals surface area contributed by atoms with Gasteiger partial charge in [0.25, 0.3) is 5.92 Å². The lowest BCUT2D eigenvalue weighted by molar-refractivity contribution is -0.0766. The van der Waals surface area contributed by atoms with Crippen LogP contribution in [0.25, 0.3) is 0 Å². The van der Waals surface area contributed by atoms with Gasteiger partial charge in [0, 0.05) is 9.47 Å². The molecule has 0 aliphatic heterocycles. The van der Waals surface area contributed by atoms with E-state index in [2.05, 4.69) is 4.52 Å². The largest absolute Gasteiger partial charge is 0.390 e. The summed E-state index contributed by atoms with van der Waals surface area (Å²) in [5, 5.41) is 7.89. The fourth-order valence-corrected chi connectivity index (χ4v) is 0.411. The monoisotopic (exact) mass is 144 g/mol. The fourth-order valence-electron chi connectivity index (χ4n) is 0.168. The average molecular weight is 144 g/mol. The first kappa shape index (κ1) is 8.21. The van der Waals surface area contributed by atoms with Crippen LogP contribution in [0.3, 0.4) is 0 Å². The van der Waals surface area contributed by atoms with Crippen LogP contribution < -0.4 is 0 Å². The molecule has 0 aromatic heterocycles. The topological polar surface area (TPSA) is 29.5 Å². The van der Waals surface area contributed by atoms with Crippen LogP contribution in [0, 0.1) is 0 Å². The second kappa shape index (κ2) is 3.28. The van der Waals surface area contributed by atoms with Crippen molar-refractivity contribution in [2.24, 2.45) is 0 Å². The van der Waals surface area contributed by atoms with Crippen LogP contribution in [0.1, 0.15) is 0 Å². The molecular formula is C3H7F2O2P. The molecular weight excluding hydrogens is 137 g/mol. The zero-order valence-corrected chi connectivity index (χ0v) is 5.26. The van der Waals surface area contributed by atoms with Gasteiger partial charge in [-0.1, -0.05) is 0 Å². The Kier molecular flexibility index (Phi) is 3.36. The molecule has 0 bridgehead atoms. The Morgan fingerprint density at radius 1 is 1.62 bits per heavy atom. The van der Waals surface area contributed by atoms with E-state index in [4.69, 9.17) is 5.11 Å². The van der Waals surface area contributed by atoms with E-state index in [9.17, 15) is 8.78 Å². The molecule has 50 valence electrons. The quantitative estimate of drug-likeness (QED) is 0.581. The first-order chi connectivity index (χ1) is 3.62. The number of halogens is 2. The van der Waals surface area contributed by atoms with Gasteiger partial charge in [-0.2, -0.15) is 0 Å². The summed E-state index contributed by atoms with van der Waals surface area (Å²) in [5.41, 5.74) is 0. The SMILES string of the molecule is OCC(F)(F)COP. The van der Waals surface area contributed by atoms with Crippen LogP contribution in [0.15, 0.2) is 0 Å². The Bertz CT molecular complexity index is 68.3. The number of aliphatic hydroxyl groups is 1. The lowest BCUT2D eigenvalue weighted by atomic mass is 10.4. The van der Waals surface area contributed by atoms with Crippen LogP contribution >= 0.6 is 9.47 Å². The van der Waals surface area contributed by atoms with Gasteiger partial charge in [-0.05, 0) is 0 Å². The van der Waals surface area contributed by atoms with Gasteiger partial charge in [0.1, 0.15) is 13.2 Å². The smallest absolute Gasteiger partial charge is 0.293 e. The van der Waals surface area contributed by atoms with Crippen LogP contribution in [0.5, 0.6) is 0 Å². The Morgan fingerprint density at radius 3 is 2.25 bits per heavy atom. The van der Waals surface area contributed by atoms with Gasteiger partial charge < -0.3 is 9.63 Å². The van der Waals surface area contributed by atoms with Gasteiger partial charge in [0.2, 0.25) is 0 Å². The van der Waals surface area contributed by atoms with Crippen molar-refractivity contribution in [3.05, 3.63) is 0 Å². The van der Waals surface area contributed by atoms with E-state index in [0.29, 0.717) is 0 Å². The predicted octanol–water partition coefficient (Wildman–Crippen LogP) is 0.421. The second-order valence-corrected chi connectivity index (χ2v) is 1.66. The molecule has 2 nitrogen and oxygen atoms in total. The van der Waals surface area contributed by atoms with E-state index in [1.807, 2.05) is 0 Å². The molecule has 1 N–H and O–H groups in total. The first-order valence-corrected chi connectivity index (χ1v) is 2.40. The summed E-state index contributed by atoms with van der Waals surface area (Å²) in [6, 6.07) is 0. The summed E-state index contributed by atoms with van der Waals surface area (Å²) in [6.45, 7) is -1.92. The summed E-state index contributed by atoms with van der Waals surface area (Å²) in [5.74, 6) is -3.10. The first-order valence-electron chi connectivity index (χ1n) is 1.93. The maximum atomic E-state index is 11.8. The van der Waals surface area contributed by atoms with E-state index in [0.717, 1.165) is 0 Å². The van der Waals surface area contributed by atoms with Crippen molar-refractivity contribution in [3.8, 4) is 0 Å². The highest BCUT2D eigenvalue weighted by Crippen LogP contribution is 2.12. The molecule has 0 aliphatic rings. The highest BCUT2D eigenvalue weighted by atomic mass is 31.0. The van der Waals surface area contributed by atoms with E-state index in [-0.39, 0.29) is 0 Å². The summed E-state index contributed by atoms with van der Waals surface area (Å²) in [7, 11) is 1.68. The molecule has 0 aromatic carbocycles. The standard InChI is InChI=1S/C3H7F2O2P/c4-3(5,1-6)2-7-8/h6H,1-2,8H2. The summed E-state index contributed by atoms with van der Waals surface area (Å²) in [4.78, 5) is 0. The van der Waals surface area contributed by atoms with E-state index in [1.54, 1.807) is 9.47 Å². The lowest BCUT2D eigenvalue weighted by Gasteiger charge is -2.09. The number of rotatable bonds is 3. The van der Waals surface area contributed by atoms with Crippen molar-refractivity contribution in [1.82, 2.24) is 0 Å². The molecule has 0 radical (unpaired) electrons. The van der Waals surface area contributed by atoms with Crippen molar-refractivity contribution in [1.29, 1.82) is 0 Å². The number of hydrogen-bond acceptors (Lipinski definition) is 2. The van der Waals surface area contributed by atoms with Crippen molar-refractivity contribution >= 4 is 9.47 Å². The third-order valence-corrected chi connectivity index (χ3v) is 0.692. The molecule has 0 aliphatic carbocycles. The molecule has 0 amide bonds. The Morgan fingerprint density at radius 2 is 2.12 bits per heavy atom. The van der Waals surface area contributed by atoms with Crippen molar-refractivity contribution in [2.75, 3.05) is 13.2 Å². The Balaban J connectivity index is 3.37. The van der Waals surface area contributed by atoms with Crippen molar-refractivity contribution in [3.63, 3.8) is 0 Å². The third kappa shape index (κ3) is 3.24. The maximum absolute atomic E-state index is 11.8. The molecule has 0 rings (SSSR count). The van der Waals surface area contributed by atoms with Crippen LogP contribution in [-0.2, 0) is 4.52 Å². The minimum Gasteiger partial charge on any atom is -0.390 e. The van der Waals surface area contributed by atoms with Crippen LogP contribution in [0.4, 0.5) is 8.78 Å². The second-order valence-electron chi connectivity index (χ2n) is 1.33. The van der Waals surface area contributed by atoms with Crippen LogP contribution in [-0.4, -0.2) is 24.2 Å². The Hall–Kier alpha value is 0.210. The molecule has 0 saturated carbocycles. The van der Waals surface area contributed by atoms with Gasteiger partial charge in [0.05, 0.1) is 0 Å². The number of alkyl halides is 2. The molecule has 0 heterocycles. The van der Waals surface area contributed by atoms with Gasteiger partial charge >= 0.3 is 0 Å². The minimum absolute atomic E-state index is 0.756. The zero-order valence-electron chi connectivity index (χ0n) is 4.10. The third-order valence-electron chi connectivity index (χ3n) is 0.526. The van der Waals surface area contributed by atoms with Gasteiger partial charge in [-0.25, -0.2) is 8.78 Å². The minimum atomic E-state index is -3.10. The normalized spacial score (nSPS) is 12.0. The van der Waals surface area contributed by atoms with Crippen LogP contribution in [0.2, 0.25) is 0 Å². The highest BCUT2D eigenvalue weighted by Gasteiger charge is 2.26. The molecule has 0 saturated heterocycles. The molecule has 1 unspecified atom stereocenters. The van der Waals surface area contributed by atoms with Gasteiger partial charge in [-0.3, -0.25) is 0 Å². The predicted molar refractivity (Wildman–Crippen MR) is 27.7 cm³/mol. The molecule has 0 spiro atoms. The maximum Gasteiger partial charge on any atom is 0.293 e. The summed E-state index contributed by atoms with van der Waals surface area (Å²) in [6.07, 6.45) is 0. The zero-order chi connectivity index (χ0) is 6.62. The van der Waals surface area contributed by atoms with Crippen molar-refractivity contribution in [2.45, 2.75) is 5.92 Å². The van der Waals surface area contributed by atoms with Crippen molar-refractivity contribution < 1.29 is 18.4 Å². The van der Waals surface area contributed by atoms with E-state index < -0.39 is 19.1 Å². The van der Waals surface area contributed by atoms with Gasteiger partial charge in [-0.15, -0.1) is 0 Å². The molecule has 8 heavy (non-hydrogen) atoms.